The van der Waals surface area contributed by atoms with Crippen LogP contribution in [0, 0.1) is 20.8 Å². The third-order valence-corrected chi connectivity index (χ3v) is 3.44. The van der Waals surface area contributed by atoms with Gasteiger partial charge < -0.3 is 0 Å². The van der Waals surface area contributed by atoms with E-state index >= 15 is 0 Å². The van der Waals surface area contributed by atoms with E-state index in [9.17, 15) is 0 Å². The maximum absolute atomic E-state index is 2.26. The molecule has 0 spiro atoms. The summed E-state index contributed by atoms with van der Waals surface area (Å²) in [6.45, 7) is 6.56. The lowest BCUT2D eigenvalue weighted by Gasteiger charge is -2.06. The number of hydrogen-bond donors (Lipinski definition) is 0. The highest BCUT2D eigenvalue weighted by Gasteiger charge is 2.11. The molecule has 0 saturated heterocycles. The Morgan fingerprint density at radius 1 is 1.00 bits per heavy atom. The van der Waals surface area contributed by atoms with Gasteiger partial charge in [-0.2, -0.15) is 4.40 Å². The van der Waals surface area contributed by atoms with Gasteiger partial charge in [-0.05, 0) is 38.5 Å². The number of hydrogen-bond acceptors (Lipinski definition) is 0. The van der Waals surface area contributed by atoms with Crippen LogP contribution in [-0.4, -0.2) is 0 Å². The van der Waals surface area contributed by atoms with Gasteiger partial charge in [-0.25, -0.2) is 0 Å². The van der Waals surface area contributed by atoms with Gasteiger partial charge in [0.2, 0.25) is 5.52 Å². The zero-order valence-corrected chi connectivity index (χ0v) is 10.5. The fourth-order valence-corrected chi connectivity index (χ4v) is 2.78. The van der Waals surface area contributed by atoms with E-state index < -0.39 is 0 Å². The van der Waals surface area contributed by atoms with Crippen LogP contribution in [0.15, 0.2) is 42.7 Å². The Kier molecular flexibility index (Phi) is 2.15. The van der Waals surface area contributed by atoms with Crippen molar-refractivity contribution in [2.24, 2.45) is 0 Å². The summed E-state index contributed by atoms with van der Waals surface area (Å²) in [6.07, 6.45) is 4.33. The summed E-state index contributed by atoms with van der Waals surface area (Å²) in [5, 5.41) is 2.71. The van der Waals surface area contributed by atoms with Gasteiger partial charge in [0, 0.05) is 28.5 Å². The van der Waals surface area contributed by atoms with Crippen LogP contribution in [0.2, 0.25) is 0 Å². The van der Waals surface area contributed by atoms with E-state index in [2.05, 4.69) is 67.9 Å². The smallest absolute Gasteiger partial charge is 0.166 e. The zero-order chi connectivity index (χ0) is 12.0. The van der Waals surface area contributed by atoms with Gasteiger partial charge in [-0.1, -0.05) is 11.6 Å². The van der Waals surface area contributed by atoms with Crippen molar-refractivity contribution in [2.45, 2.75) is 20.8 Å². The minimum Gasteiger partial charge on any atom is -0.166 e. The molecule has 0 aliphatic carbocycles. The molecule has 0 fully saturated rings. The molecule has 2 heterocycles. The Morgan fingerprint density at radius 2 is 1.82 bits per heavy atom. The van der Waals surface area contributed by atoms with Crippen molar-refractivity contribution in [2.75, 3.05) is 0 Å². The highest BCUT2D eigenvalue weighted by molar-refractivity contribution is 5.91. The second-order valence-electron chi connectivity index (χ2n) is 4.79. The third kappa shape index (κ3) is 1.50. The highest BCUT2D eigenvalue weighted by Crippen LogP contribution is 2.24. The Morgan fingerprint density at radius 3 is 2.65 bits per heavy atom. The molecule has 3 aromatic rings. The van der Waals surface area contributed by atoms with Crippen molar-refractivity contribution < 1.29 is 4.40 Å². The van der Waals surface area contributed by atoms with Gasteiger partial charge >= 0.3 is 0 Å². The Hall–Kier alpha value is -1.89. The number of rotatable bonds is 0. The summed E-state index contributed by atoms with van der Waals surface area (Å²) in [6, 6.07) is 10.9. The summed E-state index contributed by atoms with van der Waals surface area (Å²) in [5.41, 5.74) is 5.33. The summed E-state index contributed by atoms with van der Waals surface area (Å²) in [7, 11) is 0. The van der Waals surface area contributed by atoms with Crippen LogP contribution in [0.4, 0.5) is 0 Å². The van der Waals surface area contributed by atoms with Gasteiger partial charge in [0.1, 0.15) is 0 Å². The molecule has 1 heteroatoms. The molecule has 0 aliphatic rings. The lowest BCUT2D eigenvalue weighted by Crippen LogP contribution is -2.21. The maximum atomic E-state index is 2.26. The monoisotopic (exact) mass is 222 g/mol. The first-order valence-corrected chi connectivity index (χ1v) is 5.97. The van der Waals surface area contributed by atoms with Gasteiger partial charge in [-0.3, -0.25) is 0 Å². The Labute approximate surface area is 101 Å². The Balaban J connectivity index is 2.59. The average molecular weight is 222 g/mol. The van der Waals surface area contributed by atoms with Crippen molar-refractivity contribution >= 4 is 16.3 Å². The predicted molar refractivity (Wildman–Crippen MR) is 71.3 cm³/mol. The second kappa shape index (κ2) is 3.56. The van der Waals surface area contributed by atoms with Crippen molar-refractivity contribution in [3.8, 4) is 0 Å². The second-order valence-corrected chi connectivity index (χ2v) is 4.79. The van der Waals surface area contributed by atoms with Crippen LogP contribution < -0.4 is 4.40 Å². The normalized spacial score (nSPS) is 11.2. The molecule has 0 unspecified atom stereocenters. The number of nitrogens with zero attached hydrogens (tertiary/aromatic N) is 1. The lowest BCUT2D eigenvalue weighted by atomic mass is 9.99. The molecular weight excluding hydrogens is 206 g/mol. The molecule has 0 saturated carbocycles. The van der Waals surface area contributed by atoms with E-state index in [0.29, 0.717) is 0 Å². The van der Waals surface area contributed by atoms with E-state index in [4.69, 9.17) is 0 Å². The SMILES string of the molecule is Cc1cc(C)c2c(C)c3cccc[n+]3cc2c1. The minimum atomic E-state index is 1.28. The van der Waals surface area contributed by atoms with Crippen LogP contribution >= 0.6 is 0 Å². The Bertz CT molecular complexity index is 726. The molecule has 0 amide bonds. The summed E-state index contributed by atoms with van der Waals surface area (Å²) in [4.78, 5) is 0. The zero-order valence-electron chi connectivity index (χ0n) is 10.5. The summed E-state index contributed by atoms with van der Waals surface area (Å²) < 4.78 is 2.20. The summed E-state index contributed by atoms with van der Waals surface area (Å²) in [5.74, 6) is 0. The molecule has 0 atom stereocenters. The molecule has 1 nitrogen and oxygen atoms in total. The minimum absolute atomic E-state index is 1.28. The van der Waals surface area contributed by atoms with E-state index in [-0.39, 0.29) is 0 Å². The third-order valence-electron chi connectivity index (χ3n) is 3.44. The van der Waals surface area contributed by atoms with E-state index in [1.165, 1.54) is 33.0 Å². The van der Waals surface area contributed by atoms with Gasteiger partial charge in [0.15, 0.2) is 12.4 Å². The van der Waals surface area contributed by atoms with Crippen molar-refractivity contribution in [1.82, 2.24) is 0 Å². The van der Waals surface area contributed by atoms with Crippen molar-refractivity contribution in [3.05, 3.63) is 59.4 Å². The fraction of sp³-hybridized carbons (Fsp3) is 0.188. The molecular formula is C16H16N+. The first-order valence-electron chi connectivity index (χ1n) is 5.97. The molecule has 0 N–H and O–H groups in total. The number of aromatic nitrogens is 1. The molecule has 84 valence electrons. The molecule has 1 aromatic carbocycles. The van der Waals surface area contributed by atoms with Crippen LogP contribution in [0.25, 0.3) is 16.3 Å². The fourth-order valence-electron chi connectivity index (χ4n) is 2.78. The van der Waals surface area contributed by atoms with Gasteiger partial charge in [0.25, 0.3) is 0 Å². The largest absolute Gasteiger partial charge is 0.214 e. The van der Waals surface area contributed by atoms with Crippen LogP contribution in [0.1, 0.15) is 16.7 Å². The van der Waals surface area contributed by atoms with Crippen molar-refractivity contribution in [3.63, 3.8) is 0 Å². The quantitative estimate of drug-likeness (QED) is 0.405. The van der Waals surface area contributed by atoms with Crippen LogP contribution in [0.5, 0.6) is 0 Å². The van der Waals surface area contributed by atoms with E-state index in [0.717, 1.165) is 0 Å². The van der Waals surface area contributed by atoms with E-state index in [1.807, 2.05) is 0 Å². The maximum Gasteiger partial charge on any atom is 0.214 e. The number of fused-ring (bicyclic) bond motifs is 2. The standard InChI is InChI=1S/C16H16N/c1-11-8-12(2)16-13(3)15-6-4-5-7-17(15)10-14(16)9-11/h4-10H,1-3H3/q+1. The van der Waals surface area contributed by atoms with Gasteiger partial charge in [0.05, 0.1) is 0 Å². The average Bonchev–Trinajstić information content (AvgIpc) is 2.28. The summed E-state index contributed by atoms with van der Waals surface area (Å²) >= 11 is 0. The number of pyridine rings is 2. The van der Waals surface area contributed by atoms with Crippen LogP contribution in [0.3, 0.4) is 0 Å². The predicted octanol–water partition coefficient (Wildman–Crippen LogP) is 3.50. The lowest BCUT2D eigenvalue weighted by molar-refractivity contribution is -0.510. The van der Waals surface area contributed by atoms with Gasteiger partial charge in [-0.15, -0.1) is 0 Å². The number of benzene rings is 1. The highest BCUT2D eigenvalue weighted by atomic mass is 14.8. The van der Waals surface area contributed by atoms with E-state index in [1.54, 1.807) is 0 Å². The first kappa shape index (κ1) is 10.3. The molecule has 2 aromatic heterocycles. The topological polar surface area (TPSA) is 4.10 Å². The molecule has 0 radical (unpaired) electrons. The number of aryl methyl sites for hydroxylation is 3. The first-order chi connectivity index (χ1) is 8.16. The molecule has 0 aliphatic heterocycles. The molecule has 3 rings (SSSR count). The molecule has 17 heavy (non-hydrogen) atoms. The van der Waals surface area contributed by atoms with Crippen LogP contribution in [-0.2, 0) is 0 Å². The van der Waals surface area contributed by atoms with Crippen molar-refractivity contribution in [1.29, 1.82) is 0 Å². The molecule has 0 bridgehead atoms.